The molecule has 0 aliphatic carbocycles. The van der Waals surface area contributed by atoms with Crippen LogP contribution in [-0.2, 0) is 9.84 Å². The maximum atomic E-state index is 11.4. The summed E-state index contributed by atoms with van der Waals surface area (Å²) in [5.41, 5.74) is 0. The van der Waals surface area contributed by atoms with Crippen LogP contribution < -0.4 is 5.32 Å². The van der Waals surface area contributed by atoms with Gasteiger partial charge in [0, 0.05) is 12.1 Å². The zero-order valence-electron chi connectivity index (χ0n) is 11.7. The number of aliphatic hydroxyl groups is 1. The minimum absolute atomic E-state index is 0.0777. The number of hydrogen-bond acceptors (Lipinski definition) is 5. The number of piperidine rings is 1. The van der Waals surface area contributed by atoms with E-state index in [9.17, 15) is 13.5 Å². The van der Waals surface area contributed by atoms with E-state index in [0.29, 0.717) is 6.04 Å². The van der Waals surface area contributed by atoms with Gasteiger partial charge in [0.2, 0.25) is 0 Å². The Morgan fingerprint density at radius 2 is 2.11 bits per heavy atom. The maximum Gasteiger partial charge on any atom is 0.154 e. The number of nitrogens with one attached hydrogen (secondary N) is 1. The van der Waals surface area contributed by atoms with E-state index in [-0.39, 0.29) is 17.5 Å². The van der Waals surface area contributed by atoms with Gasteiger partial charge in [0.1, 0.15) is 0 Å². The first-order valence-electron chi connectivity index (χ1n) is 7.34. The first kappa shape index (κ1) is 15.2. The van der Waals surface area contributed by atoms with E-state index in [2.05, 4.69) is 17.1 Å². The second-order valence-electron chi connectivity index (χ2n) is 5.94. The van der Waals surface area contributed by atoms with E-state index in [1.807, 2.05) is 0 Å². The molecule has 0 amide bonds. The molecule has 2 aliphatic rings. The second-order valence-corrected chi connectivity index (χ2v) is 8.09. The van der Waals surface area contributed by atoms with Crippen molar-refractivity contribution in [3.63, 3.8) is 0 Å². The van der Waals surface area contributed by atoms with Crippen molar-refractivity contribution in [1.29, 1.82) is 0 Å². The lowest BCUT2D eigenvalue weighted by Gasteiger charge is -2.33. The standard InChI is InChI=1S/C13H26N2O3S/c1-11-5-2-3-7-15(11)8-4-6-14-12-9-19(17,18)10-13(12)16/h11-14,16H,2-10H2,1H3. The van der Waals surface area contributed by atoms with Crippen LogP contribution in [0.25, 0.3) is 0 Å². The fraction of sp³-hybridized carbons (Fsp3) is 1.00. The van der Waals surface area contributed by atoms with Crippen molar-refractivity contribution in [2.75, 3.05) is 31.1 Å². The summed E-state index contributed by atoms with van der Waals surface area (Å²) < 4.78 is 22.7. The Morgan fingerprint density at radius 3 is 2.74 bits per heavy atom. The summed E-state index contributed by atoms with van der Waals surface area (Å²) in [6.07, 6.45) is 4.18. The zero-order chi connectivity index (χ0) is 13.9. The average molecular weight is 290 g/mol. The number of hydrogen-bond donors (Lipinski definition) is 2. The van der Waals surface area contributed by atoms with Crippen molar-refractivity contribution in [2.45, 2.75) is 50.8 Å². The number of likely N-dealkylation sites (tertiary alicyclic amines) is 1. The molecule has 2 saturated heterocycles. The van der Waals surface area contributed by atoms with Gasteiger partial charge >= 0.3 is 0 Å². The third-order valence-corrected chi connectivity index (χ3v) is 6.01. The van der Waals surface area contributed by atoms with Crippen molar-refractivity contribution >= 4 is 9.84 Å². The topological polar surface area (TPSA) is 69.6 Å². The second kappa shape index (κ2) is 6.52. The monoisotopic (exact) mass is 290 g/mol. The minimum atomic E-state index is -3.03. The molecule has 3 unspecified atom stereocenters. The Bertz CT molecular complexity index is 385. The van der Waals surface area contributed by atoms with Crippen molar-refractivity contribution in [3.05, 3.63) is 0 Å². The number of rotatable bonds is 5. The van der Waals surface area contributed by atoms with Gasteiger partial charge in [-0.25, -0.2) is 8.42 Å². The van der Waals surface area contributed by atoms with Crippen molar-refractivity contribution in [1.82, 2.24) is 10.2 Å². The molecule has 2 fully saturated rings. The molecule has 0 spiro atoms. The van der Waals surface area contributed by atoms with Crippen LogP contribution in [0.15, 0.2) is 0 Å². The van der Waals surface area contributed by atoms with Crippen LogP contribution in [0, 0.1) is 0 Å². The van der Waals surface area contributed by atoms with Gasteiger partial charge in [-0.2, -0.15) is 0 Å². The van der Waals surface area contributed by atoms with E-state index >= 15 is 0 Å². The minimum Gasteiger partial charge on any atom is -0.390 e. The Balaban J connectivity index is 1.64. The molecule has 2 N–H and O–H groups in total. The van der Waals surface area contributed by atoms with Crippen LogP contribution in [0.3, 0.4) is 0 Å². The number of nitrogens with zero attached hydrogens (tertiary/aromatic N) is 1. The summed E-state index contributed by atoms with van der Waals surface area (Å²) in [7, 11) is -3.03. The highest BCUT2D eigenvalue weighted by Gasteiger charge is 2.35. The molecule has 0 aromatic carbocycles. The fourth-order valence-corrected chi connectivity index (χ4v) is 4.86. The highest BCUT2D eigenvalue weighted by atomic mass is 32.2. The molecule has 0 radical (unpaired) electrons. The smallest absolute Gasteiger partial charge is 0.154 e. The lowest BCUT2D eigenvalue weighted by Crippen LogP contribution is -2.42. The van der Waals surface area contributed by atoms with Gasteiger partial charge in [0.25, 0.3) is 0 Å². The van der Waals surface area contributed by atoms with Crippen molar-refractivity contribution in [2.24, 2.45) is 0 Å². The van der Waals surface area contributed by atoms with Crippen LogP contribution in [0.4, 0.5) is 0 Å². The van der Waals surface area contributed by atoms with Gasteiger partial charge in [0.15, 0.2) is 9.84 Å². The molecule has 0 bridgehead atoms. The molecule has 2 heterocycles. The molecular weight excluding hydrogens is 264 g/mol. The van der Waals surface area contributed by atoms with Crippen LogP contribution >= 0.6 is 0 Å². The molecule has 3 atom stereocenters. The maximum absolute atomic E-state index is 11.4. The number of aliphatic hydroxyl groups excluding tert-OH is 1. The Hall–Kier alpha value is -0.170. The van der Waals surface area contributed by atoms with E-state index in [1.54, 1.807) is 0 Å². The third kappa shape index (κ3) is 4.41. The quantitative estimate of drug-likeness (QED) is 0.698. The highest BCUT2D eigenvalue weighted by molar-refractivity contribution is 7.91. The molecule has 0 saturated carbocycles. The number of sulfone groups is 1. The predicted octanol–water partition coefficient (Wildman–Crippen LogP) is -0.00160. The third-order valence-electron chi connectivity index (χ3n) is 4.29. The molecule has 2 aliphatic heterocycles. The Kier molecular flexibility index (Phi) is 5.22. The van der Waals surface area contributed by atoms with Gasteiger partial charge < -0.3 is 15.3 Å². The molecule has 2 rings (SSSR count). The van der Waals surface area contributed by atoms with Gasteiger partial charge in [-0.05, 0) is 45.8 Å². The molecule has 6 heteroatoms. The predicted molar refractivity (Wildman–Crippen MR) is 76.0 cm³/mol. The van der Waals surface area contributed by atoms with E-state index in [0.717, 1.165) is 19.5 Å². The van der Waals surface area contributed by atoms with Gasteiger partial charge in [-0.3, -0.25) is 0 Å². The summed E-state index contributed by atoms with van der Waals surface area (Å²) in [5, 5.41) is 12.8. The summed E-state index contributed by atoms with van der Waals surface area (Å²) in [6.45, 7) is 5.30. The van der Waals surface area contributed by atoms with Gasteiger partial charge in [-0.1, -0.05) is 6.42 Å². The SMILES string of the molecule is CC1CCCCN1CCCNC1CS(=O)(=O)CC1O. The van der Waals surface area contributed by atoms with Crippen LogP contribution in [0.2, 0.25) is 0 Å². The van der Waals surface area contributed by atoms with Crippen LogP contribution in [0.1, 0.15) is 32.6 Å². The summed E-state index contributed by atoms with van der Waals surface area (Å²) in [5.74, 6) is -0.0118. The summed E-state index contributed by atoms with van der Waals surface area (Å²) in [6, 6.07) is 0.398. The van der Waals surface area contributed by atoms with Crippen LogP contribution in [-0.4, -0.2) is 67.8 Å². The molecule has 19 heavy (non-hydrogen) atoms. The molecule has 5 nitrogen and oxygen atoms in total. The van der Waals surface area contributed by atoms with Crippen molar-refractivity contribution in [3.8, 4) is 0 Å². The zero-order valence-corrected chi connectivity index (χ0v) is 12.5. The highest BCUT2D eigenvalue weighted by Crippen LogP contribution is 2.16. The molecule has 0 aromatic rings. The van der Waals surface area contributed by atoms with Crippen molar-refractivity contribution < 1.29 is 13.5 Å². The molecular formula is C13H26N2O3S. The van der Waals surface area contributed by atoms with E-state index in [1.165, 1.54) is 25.8 Å². The lowest BCUT2D eigenvalue weighted by atomic mass is 10.0. The lowest BCUT2D eigenvalue weighted by molar-refractivity contribution is 0.150. The van der Waals surface area contributed by atoms with Gasteiger partial charge in [-0.15, -0.1) is 0 Å². The summed E-state index contributed by atoms with van der Waals surface area (Å²) >= 11 is 0. The largest absolute Gasteiger partial charge is 0.390 e. The summed E-state index contributed by atoms with van der Waals surface area (Å²) in [4.78, 5) is 2.51. The first-order chi connectivity index (χ1) is 8.98. The fourth-order valence-electron chi connectivity index (χ4n) is 3.08. The first-order valence-corrected chi connectivity index (χ1v) is 9.16. The van der Waals surface area contributed by atoms with Gasteiger partial charge in [0.05, 0.1) is 17.6 Å². The Labute approximate surface area is 116 Å². The average Bonchev–Trinajstić information content (AvgIpc) is 2.60. The Morgan fingerprint density at radius 1 is 1.32 bits per heavy atom. The van der Waals surface area contributed by atoms with Crippen LogP contribution in [0.5, 0.6) is 0 Å². The van der Waals surface area contributed by atoms with E-state index in [4.69, 9.17) is 0 Å². The molecule has 112 valence electrons. The normalized spacial score (nSPS) is 35.6. The van der Waals surface area contributed by atoms with E-state index < -0.39 is 15.9 Å². The molecule has 0 aromatic heterocycles.